The molecule has 0 saturated carbocycles. The van der Waals surface area contributed by atoms with Crippen LogP contribution in [0.5, 0.6) is 0 Å². The fourth-order valence-electron chi connectivity index (χ4n) is 2.83. The van der Waals surface area contributed by atoms with E-state index in [9.17, 15) is 9.90 Å². The lowest BCUT2D eigenvalue weighted by Crippen LogP contribution is -2.31. The normalized spacial score (nSPS) is 24.8. The maximum Gasteiger partial charge on any atom is 0.280 e. The van der Waals surface area contributed by atoms with Crippen LogP contribution < -0.4 is 11.3 Å². The maximum absolute atomic E-state index is 11.9. The summed E-state index contributed by atoms with van der Waals surface area (Å²) in [6.07, 6.45) is 4.91. The number of imidazole rings is 1. The molecule has 0 amide bonds. The molecular formula is C14H21N5O4S2. The van der Waals surface area contributed by atoms with Crippen molar-refractivity contribution >= 4 is 40.6 Å². The molecule has 11 heteroatoms. The van der Waals surface area contributed by atoms with Gasteiger partial charge in [0.25, 0.3) is 5.56 Å². The molecule has 0 bridgehead atoms. The summed E-state index contributed by atoms with van der Waals surface area (Å²) in [6, 6.07) is 0. The number of nitrogens with zero attached hydrogens (tertiary/aromatic N) is 3. The van der Waals surface area contributed by atoms with Crippen molar-refractivity contribution in [2.24, 2.45) is 0 Å². The lowest BCUT2D eigenvalue weighted by Gasteiger charge is -2.22. The monoisotopic (exact) mass is 387 g/mol. The topological polar surface area (TPSA) is 128 Å². The van der Waals surface area contributed by atoms with Crippen LogP contribution in [0.1, 0.15) is 12.6 Å². The molecule has 2 aromatic heterocycles. The van der Waals surface area contributed by atoms with Crippen LogP contribution in [-0.4, -0.2) is 67.1 Å². The lowest BCUT2D eigenvalue weighted by atomic mass is 10.2. The number of aromatic amines is 1. The summed E-state index contributed by atoms with van der Waals surface area (Å²) in [7, 11) is 0. The molecule has 1 saturated heterocycles. The van der Waals surface area contributed by atoms with E-state index in [0.29, 0.717) is 12.1 Å². The third kappa shape index (κ3) is 3.80. The van der Waals surface area contributed by atoms with Gasteiger partial charge < -0.3 is 20.3 Å². The number of aliphatic hydroxyl groups is 1. The van der Waals surface area contributed by atoms with E-state index in [4.69, 9.17) is 15.2 Å². The summed E-state index contributed by atoms with van der Waals surface area (Å²) in [5.74, 6) is 0.869. The quantitative estimate of drug-likeness (QED) is 0.579. The lowest BCUT2D eigenvalue weighted by molar-refractivity contribution is -0.0624. The van der Waals surface area contributed by atoms with Crippen molar-refractivity contribution < 1.29 is 14.6 Å². The number of H-pyrrole nitrogens is 1. The zero-order valence-electron chi connectivity index (χ0n) is 13.9. The number of nitrogen functional groups attached to an aromatic ring is 1. The second kappa shape index (κ2) is 7.96. The SMILES string of the molecule is CSCC(O[C@H]1C[C@H](n2cnc3c(=O)[nH]c(N)nc32)O[C@@H]1CO)SC. The highest BCUT2D eigenvalue weighted by atomic mass is 32.2. The third-order valence-corrected chi connectivity index (χ3v) is 5.66. The summed E-state index contributed by atoms with van der Waals surface area (Å²) < 4.78 is 13.7. The van der Waals surface area contributed by atoms with Crippen LogP contribution in [-0.2, 0) is 9.47 Å². The van der Waals surface area contributed by atoms with Crippen molar-refractivity contribution in [3.63, 3.8) is 0 Å². The average molecular weight is 387 g/mol. The minimum Gasteiger partial charge on any atom is -0.394 e. The van der Waals surface area contributed by atoms with E-state index in [1.165, 1.54) is 6.33 Å². The van der Waals surface area contributed by atoms with Gasteiger partial charge in [0.15, 0.2) is 11.2 Å². The first kappa shape index (κ1) is 18.5. The second-order valence-corrected chi connectivity index (χ2v) is 7.53. The third-order valence-electron chi connectivity index (χ3n) is 4.01. The van der Waals surface area contributed by atoms with E-state index in [2.05, 4.69) is 15.0 Å². The van der Waals surface area contributed by atoms with E-state index >= 15 is 0 Å². The highest BCUT2D eigenvalue weighted by Gasteiger charge is 2.38. The molecule has 1 aliphatic rings. The summed E-state index contributed by atoms with van der Waals surface area (Å²) in [5.41, 5.74) is 5.81. The van der Waals surface area contributed by atoms with Gasteiger partial charge in [-0.1, -0.05) is 0 Å². The number of ether oxygens (including phenoxy) is 2. The Bertz CT molecular complexity index is 782. The number of aliphatic hydroxyl groups excluding tert-OH is 1. The minimum atomic E-state index is -0.446. The van der Waals surface area contributed by atoms with Crippen LogP contribution in [0.4, 0.5) is 5.95 Å². The number of thioether (sulfide) groups is 2. The molecule has 2 aromatic rings. The Kier molecular flexibility index (Phi) is 5.89. The first-order valence-corrected chi connectivity index (χ1v) is 10.4. The molecule has 0 spiro atoms. The van der Waals surface area contributed by atoms with Crippen LogP contribution in [0.25, 0.3) is 11.2 Å². The van der Waals surface area contributed by atoms with Crippen molar-refractivity contribution in [2.45, 2.75) is 30.3 Å². The van der Waals surface area contributed by atoms with Crippen LogP contribution in [0.3, 0.4) is 0 Å². The Labute approximate surface area is 152 Å². The molecule has 1 fully saturated rings. The van der Waals surface area contributed by atoms with Crippen molar-refractivity contribution in [2.75, 3.05) is 30.6 Å². The van der Waals surface area contributed by atoms with Gasteiger partial charge in [-0.2, -0.15) is 16.7 Å². The molecule has 0 aromatic carbocycles. The van der Waals surface area contributed by atoms with E-state index in [1.54, 1.807) is 28.1 Å². The maximum atomic E-state index is 11.9. The minimum absolute atomic E-state index is 0.0196. The molecule has 25 heavy (non-hydrogen) atoms. The number of anilines is 1. The Morgan fingerprint density at radius 3 is 3.08 bits per heavy atom. The van der Waals surface area contributed by atoms with Gasteiger partial charge in [-0.05, 0) is 12.5 Å². The molecule has 0 radical (unpaired) electrons. The van der Waals surface area contributed by atoms with Gasteiger partial charge in [-0.15, -0.1) is 11.8 Å². The Morgan fingerprint density at radius 2 is 2.40 bits per heavy atom. The molecule has 3 heterocycles. The van der Waals surface area contributed by atoms with Gasteiger partial charge in [0.2, 0.25) is 5.95 Å². The van der Waals surface area contributed by atoms with Crippen LogP contribution >= 0.6 is 23.5 Å². The average Bonchev–Trinajstić information content (AvgIpc) is 3.18. The molecule has 3 rings (SSSR count). The van der Waals surface area contributed by atoms with Crippen LogP contribution in [0.15, 0.2) is 11.1 Å². The van der Waals surface area contributed by atoms with Crippen molar-refractivity contribution in [1.82, 2.24) is 19.5 Å². The number of nitrogens with two attached hydrogens (primary N) is 1. The van der Waals surface area contributed by atoms with Gasteiger partial charge in [-0.3, -0.25) is 14.3 Å². The molecule has 138 valence electrons. The predicted octanol–water partition coefficient (Wildman–Crippen LogP) is 0.419. The number of hydrogen-bond acceptors (Lipinski definition) is 9. The summed E-state index contributed by atoms with van der Waals surface area (Å²) in [5, 5.41) is 9.64. The fraction of sp³-hybridized carbons (Fsp3) is 0.643. The molecule has 4 atom stereocenters. The fourth-order valence-corrected chi connectivity index (χ4v) is 4.38. The highest BCUT2D eigenvalue weighted by Crippen LogP contribution is 2.34. The molecule has 9 nitrogen and oxygen atoms in total. The van der Waals surface area contributed by atoms with Gasteiger partial charge in [0.1, 0.15) is 17.8 Å². The number of nitrogens with one attached hydrogen (secondary N) is 1. The highest BCUT2D eigenvalue weighted by molar-refractivity contribution is 8.02. The zero-order valence-corrected chi connectivity index (χ0v) is 15.5. The van der Waals surface area contributed by atoms with Crippen LogP contribution in [0, 0.1) is 0 Å². The van der Waals surface area contributed by atoms with Gasteiger partial charge in [-0.25, -0.2) is 4.98 Å². The van der Waals surface area contributed by atoms with Gasteiger partial charge in [0.05, 0.1) is 19.0 Å². The smallest absolute Gasteiger partial charge is 0.280 e. The first-order valence-electron chi connectivity index (χ1n) is 7.73. The number of hydrogen-bond donors (Lipinski definition) is 3. The molecule has 0 aliphatic carbocycles. The van der Waals surface area contributed by atoms with E-state index in [0.717, 1.165) is 5.75 Å². The Balaban J connectivity index is 1.84. The zero-order chi connectivity index (χ0) is 18.0. The number of fused-ring (bicyclic) bond motifs is 1. The van der Waals surface area contributed by atoms with Crippen LogP contribution in [0.2, 0.25) is 0 Å². The second-order valence-electron chi connectivity index (χ2n) is 5.62. The molecule has 1 unspecified atom stereocenters. The van der Waals surface area contributed by atoms with Gasteiger partial charge >= 0.3 is 0 Å². The van der Waals surface area contributed by atoms with Crippen molar-refractivity contribution in [3.05, 3.63) is 16.7 Å². The predicted molar refractivity (Wildman–Crippen MR) is 98.7 cm³/mol. The number of aromatic nitrogens is 4. The van der Waals surface area contributed by atoms with E-state index < -0.39 is 17.9 Å². The first-order chi connectivity index (χ1) is 12.1. The molecule has 4 N–H and O–H groups in total. The van der Waals surface area contributed by atoms with E-state index in [-0.39, 0.29) is 29.6 Å². The largest absolute Gasteiger partial charge is 0.394 e. The van der Waals surface area contributed by atoms with Gasteiger partial charge in [0, 0.05) is 12.2 Å². The molecular weight excluding hydrogens is 366 g/mol. The Hall–Kier alpha value is -1.27. The summed E-state index contributed by atoms with van der Waals surface area (Å²) in [4.78, 5) is 22.6. The summed E-state index contributed by atoms with van der Waals surface area (Å²) >= 11 is 3.33. The molecule has 1 aliphatic heterocycles. The van der Waals surface area contributed by atoms with E-state index in [1.807, 2.05) is 12.5 Å². The van der Waals surface area contributed by atoms with Crippen molar-refractivity contribution in [1.29, 1.82) is 0 Å². The standard InChI is InChI=1S/C14H21N5O4S2/c1-24-5-10(25-2)23-7-3-9(22-8(7)4-20)19-6-16-11-12(19)17-14(15)18-13(11)21/h6-10,20H,3-5H2,1-2H3,(H3,15,17,18,21)/t7-,8+,9+,10?/m0/s1. The van der Waals surface area contributed by atoms with Crippen molar-refractivity contribution in [3.8, 4) is 0 Å². The number of rotatable bonds is 7. The Morgan fingerprint density at radius 1 is 1.60 bits per heavy atom. The summed E-state index contributed by atoms with van der Waals surface area (Å²) in [6.45, 7) is -0.148.